The molecule has 0 radical (unpaired) electrons. The number of nitrogens with zero attached hydrogens (tertiary/aromatic N) is 3. The summed E-state index contributed by atoms with van der Waals surface area (Å²) in [5.41, 5.74) is 3.52. The molecule has 1 N–H and O–H groups in total. The molecule has 3 atom stereocenters. The van der Waals surface area contributed by atoms with Crippen LogP contribution in [-0.4, -0.2) is 67.9 Å². The Balaban J connectivity index is 1.78. The minimum atomic E-state index is -4.10. The SMILES string of the molecule is CCOCC1CC(c2c(CN(C)CCNC)nn3c2COCC3)CCC1CCC(F)(F)F. The van der Waals surface area contributed by atoms with Crippen molar-refractivity contribution in [1.82, 2.24) is 20.0 Å². The molecule has 1 fully saturated rings. The van der Waals surface area contributed by atoms with Crippen LogP contribution in [0, 0.1) is 11.8 Å². The van der Waals surface area contributed by atoms with Crippen molar-refractivity contribution in [3.8, 4) is 0 Å². The van der Waals surface area contributed by atoms with Crippen molar-refractivity contribution in [1.29, 1.82) is 0 Å². The highest BCUT2D eigenvalue weighted by atomic mass is 19.4. The highest BCUT2D eigenvalue weighted by Crippen LogP contribution is 2.45. The third-order valence-corrected chi connectivity index (χ3v) is 6.91. The van der Waals surface area contributed by atoms with Gasteiger partial charge in [0.15, 0.2) is 0 Å². The maximum Gasteiger partial charge on any atom is 0.389 e. The summed E-state index contributed by atoms with van der Waals surface area (Å²) in [5, 5.41) is 8.13. The molecule has 0 saturated heterocycles. The molecule has 1 aliphatic carbocycles. The number of likely N-dealkylation sites (N-methyl/N-ethyl adjacent to an activating group) is 2. The average Bonchev–Trinajstić information content (AvgIpc) is 3.12. The molecule has 0 bridgehead atoms. The molecule has 0 spiro atoms. The van der Waals surface area contributed by atoms with Gasteiger partial charge in [0.05, 0.1) is 31.1 Å². The Morgan fingerprint density at radius 2 is 2.09 bits per heavy atom. The van der Waals surface area contributed by atoms with Crippen LogP contribution in [0.3, 0.4) is 0 Å². The van der Waals surface area contributed by atoms with Gasteiger partial charge in [0.25, 0.3) is 0 Å². The van der Waals surface area contributed by atoms with Crippen LogP contribution < -0.4 is 5.32 Å². The van der Waals surface area contributed by atoms with Gasteiger partial charge in [-0.15, -0.1) is 0 Å². The second kappa shape index (κ2) is 11.8. The zero-order chi connectivity index (χ0) is 23.1. The minimum absolute atomic E-state index is 0.0591. The van der Waals surface area contributed by atoms with Gasteiger partial charge in [0.1, 0.15) is 0 Å². The number of fused-ring (bicyclic) bond motifs is 1. The van der Waals surface area contributed by atoms with E-state index >= 15 is 0 Å². The first-order chi connectivity index (χ1) is 15.3. The average molecular weight is 461 g/mol. The maximum absolute atomic E-state index is 12.9. The Morgan fingerprint density at radius 3 is 2.81 bits per heavy atom. The van der Waals surface area contributed by atoms with Gasteiger partial charge in [-0.25, -0.2) is 0 Å². The Kier molecular flexibility index (Phi) is 9.40. The van der Waals surface area contributed by atoms with E-state index in [4.69, 9.17) is 14.6 Å². The maximum atomic E-state index is 12.9. The van der Waals surface area contributed by atoms with Crippen molar-refractivity contribution in [2.45, 2.75) is 70.8 Å². The molecule has 2 heterocycles. The summed E-state index contributed by atoms with van der Waals surface area (Å²) in [4.78, 5) is 2.27. The van der Waals surface area contributed by atoms with E-state index in [1.807, 2.05) is 14.0 Å². The Labute approximate surface area is 189 Å². The number of alkyl halides is 3. The van der Waals surface area contributed by atoms with Crippen LogP contribution in [0.25, 0.3) is 0 Å². The Morgan fingerprint density at radius 1 is 1.28 bits per heavy atom. The number of aromatic nitrogens is 2. The first kappa shape index (κ1) is 25.5. The molecule has 1 saturated carbocycles. The number of nitrogens with one attached hydrogen (secondary N) is 1. The molecular weight excluding hydrogens is 421 g/mol. The second-order valence-corrected chi connectivity index (χ2v) is 9.27. The van der Waals surface area contributed by atoms with Crippen LogP contribution in [0.4, 0.5) is 13.2 Å². The third-order valence-electron chi connectivity index (χ3n) is 6.91. The topological polar surface area (TPSA) is 51.5 Å². The molecule has 32 heavy (non-hydrogen) atoms. The smallest absolute Gasteiger partial charge is 0.381 e. The second-order valence-electron chi connectivity index (χ2n) is 9.27. The Hall–Kier alpha value is -1.16. The zero-order valence-corrected chi connectivity index (χ0v) is 19.7. The molecule has 2 aliphatic rings. The lowest BCUT2D eigenvalue weighted by atomic mass is 9.70. The normalized spacial score (nSPS) is 24.2. The highest BCUT2D eigenvalue weighted by molar-refractivity contribution is 5.31. The number of hydrogen-bond acceptors (Lipinski definition) is 5. The van der Waals surface area contributed by atoms with Crippen molar-refractivity contribution in [3.63, 3.8) is 0 Å². The first-order valence-electron chi connectivity index (χ1n) is 12.0. The van der Waals surface area contributed by atoms with E-state index in [1.165, 1.54) is 5.56 Å². The summed E-state index contributed by atoms with van der Waals surface area (Å²) < 4.78 is 52.2. The zero-order valence-electron chi connectivity index (χ0n) is 19.7. The lowest BCUT2D eigenvalue weighted by molar-refractivity contribution is -0.139. The van der Waals surface area contributed by atoms with Crippen LogP contribution in [-0.2, 0) is 29.2 Å². The lowest BCUT2D eigenvalue weighted by Gasteiger charge is -2.37. The minimum Gasteiger partial charge on any atom is -0.381 e. The quantitative estimate of drug-likeness (QED) is 0.542. The molecule has 3 rings (SSSR count). The van der Waals surface area contributed by atoms with Crippen LogP contribution in [0.5, 0.6) is 0 Å². The molecule has 1 aromatic heterocycles. The first-order valence-corrected chi connectivity index (χ1v) is 12.0. The highest BCUT2D eigenvalue weighted by Gasteiger charge is 2.37. The molecule has 0 amide bonds. The van der Waals surface area contributed by atoms with Gasteiger partial charge in [0, 0.05) is 44.8 Å². The summed E-state index contributed by atoms with van der Waals surface area (Å²) in [5.74, 6) is 0.496. The van der Waals surface area contributed by atoms with Gasteiger partial charge in [0.2, 0.25) is 0 Å². The van der Waals surface area contributed by atoms with Gasteiger partial charge in [-0.05, 0) is 64.5 Å². The Bertz CT molecular complexity index is 710. The van der Waals surface area contributed by atoms with Gasteiger partial charge in [-0.1, -0.05) is 0 Å². The van der Waals surface area contributed by atoms with Gasteiger partial charge in [-0.3, -0.25) is 9.58 Å². The number of ether oxygens (including phenoxy) is 2. The number of halogens is 3. The van der Waals surface area contributed by atoms with Crippen LogP contribution in [0.2, 0.25) is 0 Å². The molecule has 1 aliphatic heterocycles. The van der Waals surface area contributed by atoms with Crippen molar-refractivity contribution < 1.29 is 22.6 Å². The number of hydrogen-bond donors (Lipinski definition) is 1. The van der Waals surface area contributed by atoms with Crippen LogP contribution in [0.15, 0.2) is 0 Å². The molecule has 6 nitrogen and oxygen atoms in total. The van der Waals surface area contributed by atoms with Crippen molar-refractivity contribution >= 4 is 0 Å². The molecule has 0 aromatic carbocycles. The van der Waals surface area contributed by atoms with E-state index in [0.717, 1.165) is 56.8 Å². The van der Waals surface area contributed by atoms with E-state index in [1.54, 1.807) is 0 Å². The van der Waals surface area contributed by atoms with Crippen LogP contribution >= 0.6 is 0 Å². The van der Waals surface area contributed by atoms with E-state index < -0.39 is 12.6 Å². The monoisotopic (exact) mass is 460 g/mol. The van der Waals surface area contributed by atoms with Crippen molar-refractivity contribution in [2.24, 2.45) is 11.8 Å². The van der Waals surface area contributed by atoms with Crippen molar-refractivity contribution in [3.05, 3.63) is 17.0 Å². The van der Waals surface area contributed by atoms with Gasteiger partial charge >= 0.3 is 6.18 Å². The predicted octanol–water partition coefficient (Wildman–Crippen LogP) is 3.94. The molecule has 1 aromatic rings. The van der Waals surface area contributed by atoms with Gasteiger partial charge in [-0.2, -0.15) is 18.3 Å². The molecule has 3 unspecified atom stereocenters. The van der Waals surface area contributed by atoms with Crippen LogP contribution in [0.1, 0.15) is 61.9 Å². The molecule has 184 valence electrons. The summed E-state index contributed by atoms with van der Waals surface area (Å²) >= 11 is 0. The lowest BCUT2D eigenvalue weighted by Crippen LogP contribution is -2.30. The van der Waals surface area contributed by atoms with E-state index in [0.29, 0.717) is 32.3 Å². The fourth-order valence-corrected chi connectivity index (χ4v) is 5.24. The van der Waals surface area contributed by atoms with Crippen molar-refractivity contribution in [2.75, 3.05) is 47.0 Å². The summed E-state index contributed by atoms with van der Waals surface area (Å²) in [6.07, 6.45) is -2.04. The van der Waals surface area contributed by atoms with E-state index in [2.05, 4.69) is 21.9 Å². The predicted molar refractivity (Wildman–Crippen MR) is 117 cm³/mol. The summed E-state index contributed by atoms with van der Waals surface area (Å²) in [6.45, 7) is 7.64. The van der Waals surface area contributed by atoms with E-state index in [9.17, 15) is 13.2 Å². The van der Waals surface area contributed by atoms with E-state index in [-0.39, 0.29) is 18.3 Å². The van der Waals surface area contributed by atoms with Gasteiger partial charge < -0.3 is 14.8 Å². The fourth-order valence-electron chi connectivity index (χ4n) is 5.24. The third kappa shape index (κ3) is 6.92. The molecular formula is C23H39F3N4O2. The standard InChI is InChI=1S/C23H39F3N4O2/c1-4-31-15-19-13-18(6-5-17(19)7-8-23(24,25)26)22-20(14-29(3)10-9-27-2)28-30-11-12-32-16-21(22)30/h17-19,27H,4-16H2,1-3H3. The summed E-state index contributed by atoms with van der Waals surface area (Å²) in [6, 6.07) is 0. The fraction of sp³-hybridized carbons (Fsp3) is 0.870. The largest absolute Gasteiger partial charge is 0.389 e. The summed E-state index contributed by atoms with van der Waals surface area (Å²) in [7, 11) is 4.05. The number of rotatable bonds is 11. The molecule has 9 heteroatoms.